The van der Waals surface area contributed by atoms with Gasteiger partial charge in [-0.1, -0.05) is 6.07 Å². The Hall–Kier alpha value is -4.90. The number of amides is 1. The quantitative estimate of drug-likeness (QED) is 0.315. The molecule has 1 amide bonds. The summed E-state index contributed by atoms with van der Waals surface area (Å²) in [5, 5.41) is 3.24. The molecule has 212 valence electrons. The standard InChI is InChI=1S/C30H33N7O4/c1-35-15-17-36(18-16-35)26-11-6-23(19-27(26)40-3)33-29-32-14-12-28(34-29)37(21-22-5-4-13-31-20-22)30(38)41-25-9-7-24(39-2)8-10-25/h4-14,19-20H,15-18,21H2,1-3H3,(H,32,33,34). The molecule has 11 nitrogen and oxygen atoms in total. The second kappa shape index (κ2) is 13.0. The predicted octanol–water partition coefficient (Wildman–Crippen LogP) is 4.59. The fourth-order valence-electron chi connectivity index (χ4n) is 4.47. The molecular weight excluding hydrogens is 522 g/mol. The maximum Gasteiger partial charge on any atom is 0.421 e. The molecule has 0 spiro atoms. The molecule has 5 rings (SSSR count). The van der Waals surface area contributed by atoms with E-state index in [0.29, 0.717) is 23.3 Å². The molecule has 41 heavy (non-hydrogen) atoms. The van der Waals surface area contributed by atoms with Crippen LogP contribution in [0.4, 0.5) is 27.9 Å². The van der Waals surface area contributed by atoms with Gasteiger partial charge < -0.3 is 29.3 Å². The van der Waals surface area contributed by atoms with Crippen LogP contribution in [0.1, 0.15) is 5.56 Å². The van der Waals surface area contributed by atoms with Crippen molar-refractivity contribution in [3.05, 3.63) is 84.8 Å². The van der Waals surface area contributed by atoms with Crippen molar-refractivity contribution in [3.8, 4) is 17.2 Å². The van der Waals surface area contributed by atoms with Crippen molar-refractivity contribution in [1.29, 1.82) is 0 Å². The summed E-state index contributed by atoms with van der Waals surface area (Å²) >= 11 is 0. The number of rotatable bonds is 9. The van der Waals surface area contributed by atoms with E-state index in [9.17, 15) is 4.79 Å². The number of hydrogen-bond donors (Lipinski definition) is 1. The van der Waals surface area contributed by atoms with E-state index < -0.39 is 6.09 Å². The van der Waals surface area contributed by atoms with Crippen molar-refractivity contribution >= 4 is 29.2 Å². The van der Waals surface area contributed by atoms with Gasteiger partial charge in [0.2, 0.25) is 5.95 Å². The van der Waals surface area contributed by atoms with Gasteiger partial charge in [0.1, 0.15) is 23.1 Å². The average Bonchev–Trinajstić information content (AvgIpc) is 3.01. The Bertz CT molecular complexity index is 1450. The maximum absolute atomic E-state index is 13.4. The molecule has 1 N–H and O–H groups in total. The molecule has 0 unspecified atom stereocenters. The van der Waals surface area contributed by atoms with Gasteiger partial charge in [-0.25, -0.2) is 9.78 Å². The zero-order chi connectivity index (χ0) is 28.6. The molecule has 1 aliphatic heterocycles. The lowest BCUT2D eigenvalue weighted by Crippen LogP contribution is -2.44. The zero-order valence-electron chi connectivity index (χ0n) is 23.4. The molecule has 0 bridgehead atoms. The number of aromatic nitrogens is 3. The summed E-state index contributed by atoms with van der Waals surface area (Å²) < 4.78 is 16.6. The van der Waals surface area contributed by atoms with Gasteiger partial charge in [-0.3, -0.25) is 9.88 Å². The Balaban J connectivity index is 1.37. The van der Waals surface area contributed by atoms with E-state index in [1.165, 1.54) is 4.90 Å². The number of carbonyl (C=O) groups is 1. The van der Waals surface area contributed by atoms with Crippen LogP contribution in [0.5, 0.6) is 17.2 Å². The normalized spacial score (nSPS) is 13.4. The van der Waals surface area contributed by atoms with E-state index in [4.69, 9.17) is 14.2 Å². The lowest BCUT2D eigenvalue weighted by Gasteiger charge is -2.34. The highest BCUT2D eigenvalue weighted by Gasteiger charge is 2.22. The molecule has 0 aliphatic carbocycles. The molecule has 3 heterocycles. The number of hydrogen-bond acceptors (Lipinski definition) is 10. The van der Waals surface area contributed by atoms with Crippen LogP contribution in [-0.2, 0) is 6.54 Å². The molecule has 0 radical (unpaired) electrons. The van der Waals surface area contributed by atoms with E-state index in [-0.39, 0.29) is 6.54 Å². The molecule has 2 aromatic carbocycles. The topological polar surface area (TPSA) is 105 Å². The minimum atomic E-state index is -0.595. The third kappa shape index (κ3) is 7.00. The summed E-state index contributed by atoms with van der Waals surface area (Å²) in [6.45, 7) is 4.07. The molecule has 1 fully saturated rings. The van der Waals surface area contributed by atoms with Gasteiger partial charge in [-0.15, -0.1) is 0 Å². The second-order valence-corrected chi connectivity index (χ2v) is 9.53. The molecule has 2 aromatic heterocycles. The van der Waals surface area contributed by atoms with Crippen LogP contribution in [-0.4, -0.2) is 73.4 Å². The number of carbonyl (C=O) groups excluding carboxylic acids is 1. The summed E-state index contributed by atoms with van der Waals surface area (Å²) in [6.07, 6.45) is 4.38. The lowest BCUT2D eigenvalue weighted by molar-refractivity contribution is 0.207. The van der Waals surface area contributed by atoms with Crippen LogP contribution in [0.2, 0.25) is 0 Å². The minimum Gasteiger partial charge on any atom is -0.497 e. The number of anilines is 4. The molecular formula is C30H33N7O4. The van der Waals surface area contributed by atoms with E-state index >= 15 is 0 Å². The smallest absolute Gasteiger partial charge is 0.421 e. The van der Waals surface area contributed by atoms with Gasteiger partial charge in [-0.2, -0.15) is 4.98 Å². The molecule has 1 aliphatic rings. The average molecular weight is 556 g/mol. The van der Waals surface area contributed by atoms with Gasteiger partial charge in [0.05, 0.1) is 26.5 Å². The summed E-state index contributed by atoms with van der Waals surface area (Å²) in [5.74, 6) is 2.50. The van der Waals surface area contributed by atoms with Gasteiger partial charge in [0, 0.05) is 56.5 Å². The Morgan fingerprint density at radius 2 is 1.73 bits per heavy atom. The first-order valence-corrected chi connectivity index (χ1v) is 13.3. The van der Waals surface area contributed by atoms with Crippen molar-refractivity contribution < 1.29 is 19.0 Å². The predicted molar refractivity (Wildman–Crippen MR) is 157 cm³/mol. The van der Waals surface area contributed by atoms with Crippen LogP contribution in [0.15, 0.2) is 79.3 Å². The Kier molecular flexibility index (Phi) is 8.75. The largest absolute Gasteiger partial charge is 0.497 e. The van der Waals surface area contributed by atoms with E-state index in [2.05, 4.69) is 37.1 Å². The molecule has 11 heteroatoms. The summed E-state index contributed by atoms with van der Waals surface area (Å²) in [6, 6.07) is 18.1. The third-order valence-corrected chi connectivity index (χ3v) is 6.75. The number of likely N-dealkylation sites (N-methyl/N-ethyl adjacent to an activating group) is 1. The van der Waals surface area contributed by atoms with E-state index in [1.807, 2.05) is 30.3 Å². The van der Waals surface area contributed by atoms with Gasteiger partial charge in [0.25, 0.3) is 0 Å². The highest BCUT2D eigenvalue weighted by Crippen LogP contribution is 2.33. The Morgan fingerprint density at radius 1 is 0.951 bits per heavy atom. The maximum atomic E-state index is 13.4. The first-order chi connectivity index (χ1) is 20.0. The summed E-state index contributed by atoms with van der Waals surface area (Å²) in [7, 11) is 5.38. The number of piperazine rings is 1. The summed E-state index contributed by atoms with van der Waals surface area (Å²) in [4.78, 5) is 32.6. The SMILES string of the molecule is COc1ccc(OC(=O)N(Cc2cccnc2)c2ccnc(Nc3ccc(N4CCN(C)CC4)c(OC)c3)n2)cc1. The molecule has 0 atom stereocenters. The lowest BCUT2D eigenvalue weighted by atomic mass is 10.2. The number of ether oxygens (including phenoxy) is 3. The molecule has 4 aromatic rings. The zero-order valence-corrected chi connectivity index (χ0v) is 23.4. The number of nitrogens with zero attached hydrogens (tertiary/aromatic N) is 6. The third-order valence-electron chi connectivity index (χ3n) is 6.75. The van der Waals surface area contributed by atoms with E-state index in [0.717, 1.165) is 48.9 Å². The monoisotopic (exact) mass is 555 g/mol. The van der Waals surface area contributed by atoms with Crippen LogP contribution in [0, 0.1) is 0 Å². The minimum absolute atomic E-state index is 0.201. The van der Waals surface area contributed by atoms with Crippen LogP contribution in [0.3, 0.4) is 0 Å². The Morgan fingerprint density at radius 3 is 2.44 bits per heavy atom. The van der Waals surface area contributed by atoms with Crippen molar-refractivity contribution in [2.24, 2.45) is 0 Å². The van der Waals surface area contributed by atoms with Gasteiger partial charge >= 0.3 is 6.09 Å². The first-order valence-electron chi connectivity index (χ1n) is 13.3. The van der Waals surface area contributed by atoms with Crippen molar-refractivity contribution in [2.75, 3.05) is 62.6 Å². The van der Waals surface area contributed by atoms with Crippen molar-refractivity contribution in [1.82, 2.24) is 19.9 Å². The number of nitrogens with one attached hydrogen (secondary N) is 1. The van der Waals surface area contributed by atoms with Crippen LogP contribution >= 0.6 is 0 Å². The summed E-state index contributed by atoms with van der Waals surface area (Å²) in [5.41, 5.74) is 2.62. The molecule has 0 saturated carbocycles. The van der Waals surface area contributed by atoms with E-state index in [1.54, 1.807) is 63.1 Å². The fraction of sp³-hybridized carbons (Fsp3) is 0.267. The van der Waals surface area contributed by atoms with Crippen molar-refractivity contribution in [2.45, 2.75) is 6.54 Å². The highest BCUT2D eigenvalue weighted by molar-refractivity contribution is 5.88. The Labute approximate surface area is 239 Å². The number of benzene rings is 2. The van der Waals surface area contributed by atoms with Gasteiger partial charge in [0.15, 0.2) is 0 Å². The second-order valence-electron chi connectivity index (χ2n) is 9.53. The molecule has 1 saturated heterocycles. The first kappa shape index (κ1) is 27.7. The number of methoxy groups -OCH3 is 2. The number of pyridine rings is 1. The van der Waals surface area contributed by atoms with Gasteiger partial charge in [-0.05, 0) is 61.1 Å². The van der Waals surface area contributed by atoms with Crippen LogP contribution in [0.25, 0.3) is 0 Å². The fourth-order valence-corrected chi connectivity index (χ4v) is 4.47. The highest BCUT2D eigenvalue weighted by atomic mass is 16.6. The van der Waals surface area contributed by atoms with Crippen LogP contribution < -0.4 is 29.3 Å². The van der Waals surface area contributed by atoms with Crippen molar-refractivity contribution in [3.63, 3.8) is 0 Å².